The van der Waals surface area contributed by atoms with Crippen LogP contribution < -0.4 is 5.32 Å². The maximum Gasteiger partial charge on any atom is 0.416 e. The van der Waals surface area contributed by atoms with E-state index in [9.17, 15) is 42.5 Å². The van der Waals surface area contributed by atoms with Gasteiger partial charge in [-0.1, -0.05) is 54.6 Å². The van der Waals surface area contributed by atoms with Crippen molar-refractivity contribution >= 4 is 45.6 Å². The summed E-state index contributed by atoms with van der Waals surface area (Å²) >= 11 is 0. The molecule has 0 fully saturated rings. The highest BCUT2D eigenvalue weighted by molar-refractivity contribution is 6.45. The van der Waals surface area contributed by atoms with E-state index in [1.54, 1.807) is 42.5 Å². The largest absolute Gasteiger partial charge is 0.453 e. The molecule has 0 radical (unpaired) electrons. The number of ether oxygens (including phenoxy) is 1. The molecule has 1 heterocycles. The third-order valence-electron chi connectivity index (χ3n) is 6.62. The summed E-state index contributed by atoms with van der Waals surface area (Å²) in [6, 6.07) is 18.9. The normalized spacial score (nSPS) is 15.1. The maximum absolute atomic E-state index is 13.8. The first-order chi connectivity index (χ1) is 19.5. The van der Waals surface area contributed by atoms with Gasteiger partial charge in [0.15, 0.2) is 5.78 Å². The van der Waals surface area contributed by atoms with E-state index < -0.39 is 63.5 Å². The average molecular weight is 562 g/mol. The number of hydrogen-bond acceptors (Lipinski definition) is 7. The van der Waals surface area contributed by atoms with E-state index in [1.807, 2.05) is 5.32 Å². The van der Waals surface area contributed by atoms with Crippen molar-refractivity contribution in [3.8, 4) is 0 Å². The second-order valence-corrected chi connectivity index (χ2v) is 9.12. The highest BCUT2D eigenvalue weighted by Gasteiger charge is 2.46. The Morgan fingerprint density at radius 2 is 1.59 bits per heavy atom. The Kier molecular flexibility index (Phi) is 6.83. The number of amides is 1. The molecular weight excluding hydrogens is 545 g/mol. The Morgan fingerprint density at radius 3 is 2.29 bits per heavy atom. The molecule has 206 valence electrons. The molecule has 1 N–H and O–H groups in total. The van der Waals surface area contributed by atoms with E-state index in [1.165, 1.54) is 24.3 Å². The van der Waals surface area contributed by atoms with Crippen LogP contribution in [0.2, 0.25) is 0 Å². The Labute approximate surface area is 228 Å². The van der Waals surface area contributed by atoms with Crippen molar-refractivity contribution in [1.29, 1.82) is 0 Å². The molecule has 1 aliphatic heterocycles. The Bertz CT molecular complexity index is 1770. The third-order valence-corrected chi connectivity index (χ3v) is 6.62. The van der Waals surface area contributed by atoms with Crippen molar-refractivity contribution < 1.29 is 42.0 Å². The van der Waals surface area contributed by atoms with Gasteiger partial charge in [-0.25, -0.2) is 4.79 Å². The number of cyclic esters (lactones) is 1. The van der Waals surface area contributed by atoms with Crippen molar-refractivity contribution in [2.75, 3.05) is 5.32 Å². The van der Waals surface area contributed by atoms with E-state index in [0.29, 0.717) is 17.5 Å². The molecule has 0 saturated carbocycles. The van der Waals surface area contributed by atoms with Gasteiger partial charge in [0, 0.05) is 17.2 Å². The first kappa shape index (κ1) is 27.2. The molecule has 0 aliphatic carbocycles. The van der Waals surface area contributed by atoms with E-state index in [4.69, 9.17) is 4.74 Å². The number of anilines is 1. The van der Waals surface area contributed by atoms with Crippen molar-refractivity contribution in [2.45, 2.75) is 12.3 Å². The molecule has 41 heavy (non-hydrogen) atoms. The van der Waals surface area contributed by atoms with E-state index >= 15 is 0 Å². The van der Waals surface area contributed by atoms with Crippen molar-refractivity contribution in [2.24, 2.45) is 5.92 Å². The minimum absolute atomic E-state index is 0.0239. The lowest BCUT2D eigenvalue weighted by molar-refractivity contribution is -0.384. The summed E-state index contributed by atoms with van der Waals surface area (Å²) in [4.78, 5) is 63.3. The van der Waals surface area contributed by atoms with Gasteiger partial charge in [-0.3, -0.25) is 24.5 Å². The molecule has 0 unspecified atom stereocenters. The number of nitro groups is 1. The fourth-order valence-corrected chi connectivity index (χ4v) is 4.63. The number of hydrogen-bond donors (Lipinski definition) is 1. The van der Waals surface area contributed by atoms with Crippen LogP contribution in [0.15, 0.2) is 84.9 Å². The number of benzene rings is 4. The van der Waals surface area contributed by atoms with Crippen LogP contribution in [0.5, 0.6) is 0 Å². The zero-order valence-corrected chi connectivity index (χ0v) is 20.7. The lowest BCUT2D eigenvalue weighted by Crippen LogP contribution is -2.38. The summed E-state index contributed by atoms with van der Waals surface area (Å²) < 4.78 is 44.6. The van der Waals surface area contributed by atoms with Gasteiger partial charge in [-0.2, -0.15) is 13.2 Å². The number of esters is 1. The number of rotatable bonds is 7. The highest BCUT2D eigenvalue weighted by atomic mass is 19.4. The van der Waals surface area contributed by atoms with Crippen LogP contribution in [0.25, 0.3) is 10.8 Å². The summed E-state index contributed by atoms with van der Waals surface area (Å²) in [6.07, 6.45) is -6.40. The van der Waals surface area contributed by atoms with Crippen molar-refractivity contribution in [3.63, 3.8) is 0 Å². The predicted octanol–water partition coefficient (Wildman–Crippen LogP) is 5.69. The van der Waals surface area contributed by atoms with Crippen molar-refractivity contribution in [1.82, 2.24) is 0 Å². The molecule has 0 spiro atoms. The molecule has 0 bridgehead atoms. The van der Waals surface area contributed by atoms with Crippen LogP contribution in [0.3, 0.4) is 0 Å². The summed E-state index contributed by atoms with van der Waals surface area (Å²) in [6.45, 7) is 0. The fraction of sp³-hybridized carbons (Fsp3) is 0.103. The van der Waals surface area contributed by atoms with Gasteiger partial charge in [-0.15, -0.1) is 0 Å². The lowest BCUT2D eigenvalue weighted by atomic mass is 9.84. The van der Waals surface area contributed by atoms with Crippen LogP contribution in [0.4, 0.5) is 24.5 Å². The Balaban J connectivity index is 1.54. The molecule has 4 aromatic rings. The molecule has 0 saturated heterocycles. The second kappa shape index (κ2) is 10.3. The summed E-state index contributed by atoms with van der Waals surface area (Å²) in [7, 11) is 0. The minimum Gasteiger partial charge on any atom is -0.453 e. The number of nitrogens with one attached hydrogen (secondary N) is 1. The van der Waals surface area contributed by atoms with E-state index in [-0.39, 0.29) is 22.8 Å². The van der Waals surface area contributed by atoms with E-state index in [2.05, 4.69) is 0 Å². The highest BCUT2D eigenvalue weighted by Crippen LogP contribution is 2.39. The molecule has 5 rings (SSSR count). The number of nitro benzene ring substituents is 1. The quantitative estimate of drug-likeness (QED) is 0.0765. The first-order valence-corrected chi connectivity index (χ1v) is 12.0. The van der Waals surface area contributed by atoms with Crippen LogP contribution in [0, 0.1) is 16.0 Å². The number of alkyl halides is 3. The summed E-state index contributed by atoms with van der Waals surface area (Å²) in [5, 5.41) is 14.9. The zero-order chi connectivity index (χ0) is 29.5. The molecule has 12 heteroatoms. The predicted molar refractivity (Wildman–Crippen MR) is 138 cm³/mol. The number of ketones is 2. The Morgan fingerprint density at radius 1 is 0.902 bits per heavy atom. The van der Waals surface area contributed by atoms with Gasteiger partial charge in [0.05, 0.1) is 16.1 Å². The topological polar surface area (TPSA) is 133 Å². The van der Waals surface area contributed by atoms with Gasteiger partial charge >= 0.3 is 12.1 Å². The van der Waals surface area contributed by atoms with Crippen molar-refractivity contribution in [3.05, 3.63) is 117 Å². The molecule has 4 aromatic carbocycles. The zero-order valence-electron chi connectivity index (χ0n) is 20.7. The number of Topliss-reactive ketones (excluding diaryl/α,β-unsaturated/α-hetero) is 2. The van der Waals surface area contributed by atoms with Crippen LogP contribution in [0.1, 0.15) is 37.9 Å². The van der Waals surface area contributed by atoms with Crippen LogP contribution in [-0.2, 0) is 20.5 Å². The number of fused-ring (bicyclic) bond motifs is 2. The van der Waals surface area contributed by atoms with Gasteiger partial charge < -0.3 is 10.1 Å². The third kappa shape index (κ3) is 5.14. The summed E-state index contributed by atoms with van der Waals surface area (Å²) in [5.41, 5.74) is -2.86. The first-order valence-electron chi connectivity index (χ1n) is 12.0. The maximum atomic E-state index is 13.8. The number of carbonyl (C=O) groups is 4. The average Bonchev–Trinajstić information content (AvgIpc) is 3.28. The molecule has 1 amide bonds. The molecule has 1 aliphatic rings. The van der Waals surface area contributed by atoms with Crippen LogP contribution >= 0.6 is 0 Å². The lowest BCUT2D eigenvalue weighted by Gasteiger charge is -2.21. The SMILES string of the molecule is O=C(Nc1ccc(C(F)(F)F)cc1[N+](=O)[O-])C(=O)[C@H](C(=O)c1ccc2ccccc2c1)[C@H]1OC(=O)c2ccccc21. The smallest absolute Gasteiger partial charge is 0.416 e. The Hall–Kier alpha value is -5.39. The van der Waals surface area contributed by atoms with Gasteiger partial charge in [0.25, 0.3) is 11.6 Å². The molecule has 2 atom stereocenters. The number of halogens is 3. The van der Waals surface area contributed by atoms with Gasteiger partial charge in [0.2, 0.25) is 5.78 Å². The van der Waals surface area contributed by atoms with E-state index in [0.717, 1.165) is 5.39 Å². The standard InChI is InChI=1S/C29H17F3N2O7/c30-29(31,32)18-11-12-21(22(14-18)34(39)40)33-27(37)25(36)23(26-19-7-3-4-8-20(19)28(38)41-26)24(35)17-10-9-15-5-1-2-6-16(15)13-17/h1-14,23,26H,(H,33,37)/t23-,26-/m0/s1. The monoisotopic (exact) mass is 562 g/mol. The van der Waals surface area contributed by atoms with Crippen LogP contribution in [-0.4, -0.2) is 28.4 Å². The summed E-state index contributed by atoms with van der Waals surface area (Å²) in [5.74, 6) is -6.53. The number of nitrogens with zero attached hydrogens (tertiary/aromatic N) is 1. The molecule has 0 aromatic heterocycles. The van der Waals surface area contributed by atoms with Gasteiger partial charge in [-0.05, 0) is 35.0 Å². The van der Waals surface area contributed by atoms with Gasteiger partial charge in [0.1, 0.15) is 17.7 Å². The molecular formula is C29H17F3N2O7. The fourth-order valence-electron chi connectivity index (χ4n) is 4.63. The number of carbonyl (C=O) groups excluding carboxylic acids is 4. The minimum atomic E-state index is -4.90. The molecule has 9 nitrogen and oxygen atoms in total. The second-order valence-electron chi connectivity index (χ2n) is 9.12.